The third-order valence-corrected chi connectivity index (χ3v) is 5.83. The van der Waals surface area contributed by atoms with Gasteiger partial charge in [-0.25, -0.2) is 0 Å². The fourth-order valence-corrected chi connectivity index (χ4v) is 4.15. The lowest BCUT2D eigenvalue weighted by Gasteiger charge is -2.35. The molecule has 1 aliphatic heterocycles. The molecule has 1 aliphatic rings. The number of nitrogens with one attached hydrogen (secondary N) is 1. The van der Waals surface area contributed by atoms with Crippen molar-refractivity contribution in [2.75, 3.05) is 40.0 Å². The van der Waals surface area contributed by atoms with Gasteiger partial charge in [-0.05, 0) is 23.8 Å². The lowest BCUT2D eigenvalue weighted by molar-refractivity contribution is 0.0162. The Hall–Kier alpha value is -2.80. The summed E-state index contributed by atoms with van der Waals surface area (Å²) in [6.07, 6.45) is 3.79. The van der Waals surface area contributed by atoms with Crippen LogP contribution in [0.25, 0.3) is 5.69 Å². The van der Waals surface area contributed by atoms with E-state index in [4.69, 9.17) is 21.1 Å². The molecule has 6 nitrogen and oxygen atoms in total. The number of methoxy groups -OCH3 is 1. The zero-order chi connectivity index (χ0) is 21.6. The van der Waals surface area contributed by atoms with Crippen molar-refractivity contribution in [3.05, 3.63) is 83.1 Å². The van der Waals surface area contributed by atoms with E-state index in [1.54, 1.807) is 19.2 Å². The number of benzene rings is 2. The summed E-state index contributed by atoms with van der Waals surface area (Å²) in [6, 6.07) is 17.6. The van der Waals surface area contributed by atoms with Crippen LogP contribution in [-0.2, 0) is 4.74 Å². The van der Waals surface area contributed by atoms with Gasteiger partial charge in [0.25, 0.3) is 5.91 Å². The molecule has 2 heterocycles. The molecule has 1 aromatic heterocycles. The number of carbonyl (C=O) groups excluding carboxylic acids is 1. The third kappa shape index (κ3) is 4.93. The van der Waals surface area contributed by atoms with Crippen molar-refractivity contribution in [2.45, 2.75) is 6.04 Å². The first-order valence-corrected chi connectivity index (χ1v) is 10.7. The molecule has 1 amide bonds. The van der Waals surface area contributed by atoms with Crippen molar-refractivity contribution in [1.29, 1.82) is 0 Å². The van der Waals surface area contributed by atoms with Gasteiger partial charge in [-0.1, -0.05) is 41.9 Å². The summed E-state index contributed by atoms with van der Waals surface area (Å²) in [4.78, 5) is 15.4. The molecule has 0 spiro atoms. The topological polar surface area (TPSA) is 55.7 Å². The van der Waals surface area contributed by atoms with E-state index in [1.165, 1.54) is 0 Å². The Labute approximate surface area is 187 Å². The summed E-state index contributed by atoms with van der Waals surface area (Å²) >= 11 is 6.50. The molecule has 3 aromatic rings. The van der Waals surface area contributed by atoms with Crippen molar-refractivity contribution in [3.63, 3.8) is 0 Å². The number of amides is 1. The largest absolute Gasteiger partial charge is 0.496 e. The summed E-state index contributed by atoms with van der Waals surface area (Å²) in [5.41, 5.74) is 2.34. The highest BCUT2D eigenvalue weighted by Gasteiger charge is 2.24. The number of rotatable bonds is 7. The van der Waals surface area contributed by atoms with Crippen molar-refractivity contribution in [1.82, 2.24) is 14.8 Å². The van der Waals surface area contributed by atoms with Gasteiger partial charge in [0.2, 0.25) is 0 Å². The molecule has 0 saturated carbocycles. The molecule has 7 heteroatoms. The molecule has 1 N–H and O–H groups in total. The second-order valence-electron chi connectivity index (χ2n) is 7.38. The zero-order valence-electron chi connectivity index (χ0n) is 17.5. The molecule has 0 bridgehead atoms. The number of ether oxygens (including phenoxy) is 2. The fourth-order valence-electron chi connectivity index (χ4n) is 3.89. The van der Waals surface area contributed by atoms with Crippen molar-refractivity contribution >= 4 is 17.5 Å². The second kappa shape index (κ2) is 10.0. The molecule has 1 unspecified atom stereocenters. The van der Waals surface area contributed by atoms with Gasteiger partial charge in [-0.2, -0.15) is 0 Å². The predicted molar refractivity (Wildman–Crippen MR) is 121 cm³/mol. The minimum Gasteiger partial charge on any atom is -0.496 e. The van der Waals surface area contributed by atoms with Crippen LogP contribution in [0.3, 0.4) is 0 Å². The summed E-state index contributed by atoms with van der Waals surface area (Å²) in [6.45, 7) is 3.53. The van der Waals surface area contributed by atoms with E-state index in [0.717, 1.165) is 24.3 Å². The molecule has 162 valence electrons. The molecule has 0 radical (unpaired) electrons. The molecular weight excluding hydrogens is 414 g/mol. The number of morpholine rings is 1. The smallest absolute Gasteiger partial charge is 0.255 e. The summed E-state index contributed by atoms with van der Waals surface area (Å²) in [7, 11) is 1.56. The fraction of sp³-hybridized carbons (Fsp3) is 0.292. The molecule has 31 heavy (non-hydrogen) atoms. The van der Waals surface area contributed by atoms with Crippen LogP contribution in [0, 0.1) is 0 Å². The van der Waals surface area contributed by atoms with Crippen LogP contribution in [0.1, 0.15) is 22.0 Å². The van der Waals surface area contributed by atoms with Gasteiger partial charge in [0.15, 0.2) is 0 Å². The number of carbonyl (C=O) groups is 1. The van der Waals surface area contributed by atoms with Gasteiger partial charge < -0.3 is 19.4 Å². The van der Waals surface area contributed by atoms with Gasteiger partial charge in [-0.3, -0.25) is 9.69 Å². The quantitative estimate of drug-likeness (QED) is 0.605. The lowest BCUT2D eigenvalue weighted by Crippen LogP contribution is -2.43. The number of nitrogens with zero attached hydrogens (tertiary/aromatic N) is 2. The summed E-state index contributed by atoms with van der Waals surface area (Å²) in [5, 5.41) is 3.57. The zero-order valence-corrected chi connectivity index (χ0v) is 18.2. The van der Waals surface area contributed by atoms with Gasteiger partial charge in [0.05, 0.1) is 42.6 Å². The third-order valence-electron chi connectivity index (χ3n) is 5.52. The Kier molecular flexibility index (Phi) is 6.92. The maximum atomic E-state index is 13.1. The maximum Gasteiger partial charge on any atom is 0.255 e. The van der Waals surface area contributed by atoms with E-state index < -0.39 is 0 Å². The average Bonchev–Trinajstić information content (AvgIpc) is 3.35. The molecule has 4 rings (SSSR count). The van der Waals surface area contributed by atoms with Crippen molar-refractivity contribution in [2.24, 2.45) is 0 Å². The molecule has 0 aliphatic carbocycles. The Balaban J connectivity index is 1.54. The first-order valence-electron chi connectivity index (χ1n) is 10.3. The minimum atomic E-state index is -0.216. The standard InChI is InChI=1S/C24H26ClN3O3/c1-30-23-16-21(27-9-5-6-10-27)20(25)15-19(23)24(29)26-17-22(18-7-3-2-4-8-18)28-11-13-31-14-12-28/h2-10,15-16,22H,11-14,17H2,1H3,(H,26,29). The first-order chi connectivity index (χ1) is 15.2. The monoisotopic (exact) mass is 439 g/mol. The van der Waals surface area contributed by atoms with E-state index in [2.05, 4.69) is 22.3 Å². The Morgan fingerprint density at radius 1 is 1.13 bits per heavy atom. The van der Waals surface area contributed by atoms with Crippen LogP contribution < -0.4 is 10.1 Å². The van der Waals surface area contributed by atoms with E-state index >= 15 is 0 Å². The number of hydrogen-bond acceptors (Lipinski definition) is 4. The van der Waals surface area contributed by atoms with Gasteiger partial charge in [0.1, 0.15) is 5.75 Å². The molecule has 1 fully saturated rings. The van der Waals surface area contributed by atoms with Crippen LogP contribution in [0.4, 0.5) is 0 Å². The highest BCUT2D eigenvalue weighted by Crippen LogP contribution is 2.30. The van der Waals surface area contributed by atoms with Crippen molar-refractivity contribution < 1.29 is 14.3 Å². The first kappa shape index (κ1) is 21.4. The van der Waals surface area contributed by atoms with E-state index in [1.807, 2.05) is 47.3 Å². The van der Waals surface area contributed by atoms with Gasteiger partial charge in [-0.15, -0.1) is 0 Å². The number of aromatic nitrogens is 1. The van der Waals surface area contributed by atoms with Crippen LogP contribution >= 0.6 is 11.6 Å². The Morgan fingerprint density at radius 2 is 1.84 bits per heavy atom. The summed E-state index contributed by atoms with van der Waals surface area (Å²) in [5.74, 6) is 0.264. The van der Waals surface area contributed by atoms with Crippen LogP contribution in [0.2, 0.25) is 5.02 Å². The maximum absolute atomic E-state index is 13.1. The molecular formula is C24H26ClN3O3. The predicted octanol–water partition coefficient (Wildman–Crippen LogP) is 3.94. The summed E-state index contributed by atoms with van der Waals surface area (Å²) < 4.78 is 12.9. The second-order valence-corrected chi connectivity index (χ2v) is 7.79. The van der Waals surface area contributed by atoms with Crippen LogP contribution in [-0.4, -0.2) is 55.3 Å². The minimum absolute atomic E-state index is 0.0645. The van der Waals surface area contributed by atoms with Crippen LogP contribution in [0.15, 0.2) is 67.0 Å². The number of hydrogen-bond donors (Lipinski definition) is 1. The number of halogens is 1. The Bertz CT molecular complexity index is 1000. The Morgan fingerprint density at radius 3 is 2.52 bits per heavy atom. The molecule has 1 saturated heterocycles. The lowest BCUT2D eigenvalue weighted by atomic mass is 10.0. The van der Waals surface area contributed by atoms with E-state index in [0.29, 0.717) is 36.1 Å². The van der Waals surface area contributed by atoms with Crippen molar-refractivity contribution in [3.8, 4) is 11.4 Å². The molecule has 2 aromatic carbocycles. The van der Waals surface area contributed by atoms with Gasteiger partial charge >= 0.3 is 0 Å². The van der Waals surface area contributed by atoms with Gasteiger partial charge in [0, 0.05) is 38.1 Å². The average molecular weight is 440 g/mol. The molecule has 1 atom stereocenters. The van der Waals surface area contributed by atoms with Crippen LogP contribution in [0.5, 0.6) is 5.75 Å². The normalized spacial score (nSPS) is 15.4. The van der Waals surface area contributed by atoms with E-state index in [9.17, 15) is 4.79 Å². The highest BCUT2D eigenvalue weighted by atomic mass is 35.5. The highest BCUT2D eigenvalue weighted by molar-refractivity contribution is 6.33. The SMILES string of the molecule is COc1cc(-n2cccc2)c(Cl)cc1C(=O)NCC(c1ccccc1)N1CCOCC1. The van der Waals surface area contributed by atoms with E-state index in [-0.39, 0.29) is 11.9 Å².